The highest BCUT2D eigenvalue weighted by Gasteiger charge is 2.41. The summed E-state index contributed by atoms with van der Waals surface area (Å²) >= 11 is 0. The molecule has 1 aromatic carbocycles. The number of amides is 2. The fourth-order valence-corrected chi connectivity index (χ4v) is 2.63. The van der Waals surface area contributed by atoms with Crippen LogP contribution in [0, 0.1) is 0 Å². The van der Waals surface area contributed by atoms with Crippen molar-refractivity contribution in [3.63, 3.8) is 0 Å². The standard InChI is InChI=1S/C18H25N3O7/c1-10(22)15(18(27)28)21(16(25)12(19)7-8-14(23)24)17(26)13(20)9-11-5-3-2-4-6-11/h2-6,10,12-13,15,22H,7-9,19-20H2,1H3,(H,23,24)(H,27,28). The number of carbonyl (C=O) groups excluding carboxylic acids is 2. The van der Waals surface area contributed by atoms with Crippen LogP contribution in [0.5, 0.6) is 0 Å². The lowest BCUT2D eigenvalue weighted by Crippen LogP contribution is -2.61. The first kappa shape index (κ1) is 23.2. The molecule has 154 valence electrons. The Bertz CT molecular complexity index is 708. The van der Waals surface area contributed by atoms with E-state index in [1.54, 1.807) is 30.3 Å². The topological polar surface area (TPSA) is 184 Å². The first-order valence-corrected chi connectivity index (χ1v) is 8.60. The molecule has 4 unspecified atom stereocenters. The summed E-state index contributed by atoms with van der Waals surface area (Å²) in [5, 5.41) is 27.9. The number of nitrogens with zero attached hydrogens (tertiary/aromatic N) is 1. The monoisotopic (exact) mass is 395 g/mol. The predicted octanol–water partition coefficient (Wildman–Crippen LogP) is -1.06. The van der Waals surface area contributed by atoms with Gasteiger partial charge >= 0.3 is 11.9 Å². The van der Waals surface area contributed by atoms with Crippen LogP contribution in [-0.2, 0) is 25.6 Å². The van der Waals surface area contributed by atoms with E-state index >= 15 is 0 Å². The van der Waals surface area contributed by atoms with Gasteiger partial charge < -0.3 is 26.8 Å². The van der Waals surface area contributed by atoms with Gasteiger partial charge in [0.2, 0.25) is 11.8 Å². The second-order valence-corrected chi connectivity index (χ2v) is 6.41. The van der Waals surface area contributed by atoms with Gasteiger partial charge in [-0.05, 0) is 25.3 Å². The minimum Gasteiger partial charge on any atom is -0.481 e. The number of aliphatic hydroxyl groups excluding tert-OH is 1. The average molecular weight is 395 g/mol. The van der Waals surface area contributed by atoms with E-state index in [2.05, 4.69) is 0 Å². The number of aliphatic carboxylic acids is 2. The molecule has 0 bridgehead atoms. The molecule has 0 radical (unpaired) electrons. The number of hydrogen-bond acceptors (Lipinski definition) is 7. The minimum atomic E-state index is -1.90. The number of benzene rings is 1. The van der Waals surface area contributed by atoms with Crippen molar-refractivity contribution in [1.29, 1.82) is 0 Å². The summed E-state index contributed by atoms with van der Waals surface area (Å²) in [7, 11) is 0. The number of carboxylic acid groups (broad SMARTS) is 2. The molecule has 0 aliphatic rings. The second-order valence-electron chi connectivity index (χ2n) is 6.41. The van der Waals surface area contributed by atoms with Gasteiger partial charge in [-0.1, -0.05) is 30.3 Å². The van der Waals surface area contributed by atoms with Crippen LogP contribution in [-0.4, -0.2) is 68.2 Å². The van der Waals surface area contributed by atoms with Crippen LogP contribution in [0.15, 0.2) is 30.3 Å². The molecule has 0 aliphatic heterocycles. The van der Waals surface area contributed by atoms with E-state index < -0.39 is 54.4 Å². The molecule has 0 saturated heterocycles. The largest absolute Gasteiger partial charge is 0.481 e. The summed E-state index contributed by atoms with van der Waals surface area (Å²) in [6.45, 7) is 1.11. The van der Waals surface area contributed by atoms with Crippen molar-refractivity contribution in [2.24, 2.45) is 11.5 Å². The number of imide groups is 1. The van der Waals surface area contributed by atoms with E-state index in [0.717, 1.165) is 6.92 Å². The van der Waals surface area contributed by atoms with Crippen LogP contribution < -0.4 is 11.5 Å². The third-order valence-corrected chi connectivity index (χ3v) is 4.07. The molecule has 10 heteroatoms. The molecule has 1 rings (SSSR count). The number of rotatable bonds is 10. The Balaban J connectivity index is 3.14. The number of hydrogen-bond donors (Lipinski definition) is 5. The normalized spacial score (nSPS) is 15.1. The van der Waals surface area contributed by atoms with E-state index in [9.17, 15) is 29.4 Å². The fourth-order valence-electron chi connectivity index (χ4n) is 2.63. The van der Waals surface area contributed by atoms with Crippen molar-refractivity contribution in [3.05, 3.63) is 35.9 Å². The third kappa shape index (κ3) is 6.41. The summed E-state index contributed by atoms with van der Waals surface area (Å²) in [4.78, 5) is 48.1. The summed E-state index contributed by atoms with van der Waals surface area (Å²) in [6, 6.07) is 4.03. The highest BCUT2D eigenvalue weighted by atomic mass is 16.4. The zero-order valence-electron chi connectivity index (χ0n) is 15.4. The van der Waals surface area contributed by atoms with E-state index in [0.29, 0.717) is 10.5 Å². The number of aliphatic hydroxyl groups is 1. The molecule has 28 heavy (non-hydrogen) atoms. The Morgan fingerprint density at radius 2 is 1.54 bits per heavy atom. The van der Waals surface area contributed by atoms with Gasteiger partial charge in [-0.15, -0.1) is 0 Å². The highest BCUT2D eigenvalue weighted by molar-refractivity contribution is 6.03. The van der Waals surface area contributed by atoms with Gasteiger partial charge in [0, 0.05) is 6.42 Å². The predicted molar refractivity (Wildman–Crippen MR) is 97.9 cm³/mol. The van der Waals surface area contributed by atoms with E-state index in [1.807, 2.05) is 0 Å². The maximum atomic E-state index is 12.8. The zero-order chi connectivity index (χ0) is 21.4. The van der Waals surface area contributed by atoms with E-state index in [4.69, 9.17) is 16.6 Å². The van der Waals surface area contributed by atoms with Crippen molar-refractivity contribution in [1.82, 2.24) is 4.90 Å². The van der Waals surface area contributed by atoms with Crippen molar-refractivity contribution in [3.8, 4) is 0 Å². The molecule has 4 atom stereocenters. The lowest BCUT2D eigenvalue weighted by atomic mass is 10.0. The van der Waals surface area contributed by atoms with Crippen LogP contribution in [0.3, 0.4) is 0 Å². The van der Waals surface area contributed by atoms with Gasteiger partial charge in [-0.3, -0.25) is 19.3 Å². The molecule has 2 amide bonds. The highest BCUT2D eigenvalue weighted by Crippen LogP contribution is 2.14. The van der Waals surface area contributed by atoms with Crippen LogP contribution in [0.1, 0.15) is 25.3 Å². The van der Waals surface area contributed by atoms with Crippen LogP contribution in [0.2, 0.25) is 0 Å². The lowest BCUT2D eigenvalue weighted by molar-refractivity contribution is -0.163. The zero-order valence-corrected chi connectivity index (χ0v) is 15.4. The van der Waals surface area contributed by atoms with Gasteiger partial charge in [0.25, 0.3) is 0 Å². The minimum absolute atomic E-state index is 0.0277. The van der Waals surface area contributed by atoms with Crippen LogP contribution in [0.4, 0.5) is 0 Å². The van der Waals surface area contributed by atoms with Gasteiger partial charge in [0.15, 0.2) is 6.04 Å². The summed E-state index contributed by atoms with van der Waals surface area (Å²) < 4.78 is 0. The van der Waals surface area contributed by atoms with Gasteiger partial charge in [0.1, 0.15) is 0 Å². The van der Waals surface area contributed by atoms with E-state index in [-0.39, 0.29) is 12.8 Å². The maximum Gasteiger partial charge on any atom is 0.329 e. The summed E-state index contributed by atoms with van der Waals surface area (Å²) in [5.41, 5.74) is 12.3. The average Bonchev–Trinajstić information content (AvgIpc) is 2.62. The number of nitrogens with two attached hydrogens (primary N) is 2. The first-order valence-electron chi connectivity index (χ1n) is 8.60. The second kappa shape index (κ2) is 10.5. The smallest absolute Gasteiger partial charge is 0.329 e. The van der Waals surface area contributed by atoms with Crippen molar-refractivity contribution < 1.29 is 34.5 Å². The van der Waals surface area contributed by atoms with Gasteiger partial charge in [0.05, 0.1) is 18.2 Å². The molecule has 10 nitrogen and oxygen atoms in total. The number of carbonyl (C=O) groups is 4. The lowest BCUT2D eigenvalue weighted by Gasteiger charge is -2.32. The quantitative estimate of drug-likeness (QED) is 0.329. The molecular weight excluding hydrogens is 370 g/mol. The summed E-state index contributed by atoms with van der Waals surface area (Å²) in [6.07, 6.45) is -2.32. The molecular formula is C18H25N3O7. The Morgan fingerprint density at radius 3 is 2.00 bits per heavy atom. The molecule has 0 aromatic heterocycles. The van der Waals surface area contributed by atoms with Gasteiger partial charge in [-0.25, -0.2) is 4.79 Å². The third-order valence-electron chi connectivity index (χ3n) is 4.07. The molecule has 0 spiro atoms. The Kier molecular flexibility index (Phi) is 8.71. The molecule has 0 fully saturated rings. The fraction of sp³-hybridized carbons (Fsp3) is 0.444. The number of carboxylic acids is 2. The Morgan fingerprint density at radius 1 is 1.00 bits per heavy atom. The molecule has 0 saturated carbocycles. The molecule has 7 N–H and O–H groups in total. The van der Waals surface area contributed by atoms with Crippen molar-refractivity contribution in [2.45, 2.75) is 50.4 Å². The molecule has 1 aromatic rings. The Labute approximate surface area is 161 Å². The van der Waals surface area contributed by atoms with Crippen molar-refractivity contribution in [2.75, 3.05) is 0 Å². The van der Waals surface area contributed by atoms with Crippen LogP contribution in [0.25, 0.3) is 0 Å². The van der Waals surface area contributed by atoms with Gasteiger partial charge in [-0.2, -0.15) is 0 Å². The van der Waals surface area contributed by atoms with Crippen molar-refractivity contribution >= 4 is 23.8 Å². The maximum absolute atomic E-state index is 12.8. The summed E-state index contributed by atoms with van der Waals surface area (Å²) in [5.74, 6) is -4.95. The van der Waals surface area contributed by atoms with Crippen LogP contribution >= 0.6 is 0 Å². The Hall–Kier alpha value is -2.82. The molecule has 0 aliphatic carbocycles. The SMILES string of the molecule is CC(O)C(C(=O)O)N(C(=O)C(N)CCC(=O)O)C(=O)C(N)Cc1ccccc1. The van der Waals surface area contributed by atoms with E-state index in [1.165, 1.54) is 0 Å². The first-order chi connectivity index (χ1) is 13.1. The molecule has 0 heterocycles.